The van der Waals surface area contributed by atoms with E-state index >= 15 is 0 Å². The second-order valence-corrected chi connectivity index (χ2v) is 5.85. The number of carboxylic acids is 1. The second kappa shape index (κ2) is 8.84. The minimum absolute atomic E-state index is 0.0881. The van der Waals surface area contributed by atoms with E-state index in [2.05, 4.69) is 5.32 Å². The van der Waals surface area contributed by atoms with Crippen LogP contribution in [0.3, 0.4) is 0 Å². The Hall–Kier alpha value is -3.09. The number of nitrogens with one attached hydrogen (secondary N) is 1. The first-order valence-electron chi connectivity index (χ1n) is 8.27. The Balaban J connectivity index is 2.07. The van der Waals surface area contributed by atoms with Crippen LogP contribution in [-0.2, 0) is 14.4 Å². The lowest BCUT2D eigenvalue weighted by Crippen LogP contribution is -2.48. The highest BCUT2D eigenvalue weighted by molar-refractivity contribution is 5.89. The molecule has 0 spiro atoms. The summed E-state index contributed by atoms with van der Waals surface area (Å²) >= 11 is 0. The standard InChI is InChI=1S/C19H22N2O5/c1-13(19(24)25)21(11-10-20-14(2)22)18(23)12-26-17-9-5-7-15-6-3-4-8-16(15)17/h3-9,13H,10-12H2,1-2H3,(H,20,22)(H,24,25). The molecular weight excluding hydrogens is 336 g/mol. The first-order chi connectivity index (χ1) is 12.4. The van der Waals surface area contributed by atoms with E-state index < -0.39 is 17.9 Å². The van der Waals surface area contributed by atoms with Crippen LogP contribution in [0.2, 0.25) is 0 Å². The molecule has 0 aliphatic rings. The van der Waals surface area contributed by atoms with Crippen molar-refractivity contribution in [2.45, 2.75) is 19.9 Å². The molecule has 2 N–H and O–H groups in total. The Kier molecular flexibility index (Phi) is 6.54. The number of aliphatic carboxylic acids is 1. The van der Waals surface area contributed by atoms with Gasteiger partial charge in [0.2, 0.25) is 5.91 Å². The Morgan fingerprint density at radius 1 is 1.15 bits per heavy atom. The number of carboxylic acid groups (broad SMARTS) is 1. The number of amides is 2. The van der Waals surface area contributed by atoms with Crippen molar-refractivity contribution in [1.82, 2.24) is 10.2 Å². The molecule has 0 aliphatic carbocycles. The minimum Gasteiger partial charge on any atom is -0.483 e. The molecule has 0 saturated heterocycles. The maximum absolute atomic E-state index is 12.5. The lowest BCUT2D eigenvalue weighted by molar-refractivity contribution is -0.150. The van der Waals surface area contributed by atoms with Gasteiger partial charge in [0.05, 0.1) is 0 Å². The number of hydrogen-bond acceptors (Lipinski definition) is 4. The van der Waals surface area contributed by atoms with Gasteiger partial charge in [-0.25, -0.2) is 4.79 Å². The average molecular weight is 358 g/mol. The second-order valence-electron chi connectivity index (χ2n) is 5.85. The molecule has 7 nitrogen and oxygen atoms in total. The van der Waals surface area contributed by atoms with Gasteiger partial charge in [-0.05, 0) is 18.4 Å². The average Bonchev–Trinajstić information content (AvgIpc) is 2.62. The summed E-state index contributed by atoms with van der Waals surface area (Å²) in [6, 6.07) is 12.1. The zero-order valence-corrected chi connectivity index (χ0v) is 14.8. The normalized spacial score (nSPS) is 11.6. The first kappa shape index (κ1) is 19.2. The molecule has 0 aromatic heterocycles. The van der Waals surface area contributed by atoms with Crippen molar-refractivity contribution in [2.75, 3.05) is 19.7 Å². The molecule has 2 aromatic carbocycles. The van der Waals surface area contributed by atoms with Gasteiger partial charge in [0, 0.05) is 25.4 Å². The summed E-state index contributed by atoms with van der Waals surface area (Å²) in [5, 5.41) is 13.6. The molecule has 0 fully saturated rings. The molecule has 138 valence electrons. The van der Waals surface area contributed by atoms with E-state index in [4.69, 9.17) is 4.74 Å². The van der Waals surface area contributed by atoms with E-state index in [9.17, 15) is 19.5 Å². The number of fused-ring (bicyclic) bond motifs is 1. The summed E-state index contributed by atoms with van der Waals surface area (Å²) in [5.41, 5.74) is 0. The summed E-state index contributed by atoms with van der Waals surface area (Å²) in [5.74, 6) is -1.27. The fourth-order valence-corrected chi connectivity index (χ4v) is 2.56. The Bertz CT molecular complexity index is 800. The van der Waals surface area contributed by atoms with E-state index in [1.54, 1.807) is 6.07 Å². The highest BCUT2D eigenvalue weighted by Gasteiger charge is 2.25. The van der Waals surface area contributed by atoms with Gasteiger partial charge in [-0.1, -0.05) is 36.4 Å². The lowest BCUT2D eigenvalue weighted by Gasteiger charge is -2.26. The zero-order chi connectivity index (χ0) is 19.1. The summed E-state index contributed by atoms with van der Waals surface area (Å²) in [4.78, 5) is 35.9. The van der Waals surface area contributed by atoms with Gasteiger partial charge >= 0.3 is 5.97 Å². The molecule has 2 amide bonds. The maximum Gasteiger partial charge on any atom is 0.326 e. The van der Waals surface area contributed by atoms with Gasteiger partial charge in [-0.2, -0.15) is 0 Å². The zero-order valence-electron chi connectivity index (χ0n) is 14.8. The van der Waals surface area contributed by atoms with Crippen LogP contribution in [0.25, 0.3) is 10.8 Å². The molecule has 0 saturated carbocycles. The predicted molar refractivity (Wildman–Crippen MR) is 96.9 cm³/mol. The number of carbonyl (C=O) groups excluding carboxylic acids is 2. The maximum atomic E-state index is 12.5. The van der Waals surface area contributed by atoms with Gasteiger partial charge in [-0.15, -0.1) is 0 Å². The van der Waals surface area contributed by atoms with Crippen LogP contribution in [-0.4, -0.2) is 53.5 Å². The Morgan fingerprint density at radius 2 is 1.85 bits per heavy atom. The largest absolute Gasteiger partial charge is 0.483 e. The summed E-state index contributed by atoms with van der Waals surface area (Å²) in [6.45, 7) is 2.76. The van der Waals surface area contributed by atoms with Gasteiger partial charge in [0.25, 0.3) is 5.91 Å². The van der Waals surface area contributed by atoms with Crippen LogP contribution in [0.4, 0.5) is 0 Å². The first-order valence-corrected chi connectivity index (χ1v) is 8.27. The van der Waals surface area contributed by atoms with Crippen LogP contribution < -0.4 is 10.1 Å². The highest BCUT2D eigenvalue weighted by atomic mass is 16.5. The van der Waals surface area contributed by atoms with E-state index in [0.29, 0.717) is 5.75 Å². The Labute approximate surface area is 151 Å². The van der Waals surface area contributed by atoms with Crippen molar-refractivity contribution in [3.63, 3.8) is 0 Å². The number of hydrogen-bond donors (Lipinski definition) is 2. The summed E-state index contributed by atoms with van der Waals surface area (Å²) in [6.07, 6.45) is 0. The minimum atomic E-state index is -1.12. The molecule has 26 heavy (non-hydrogen) atoms. The quantitative estimate of drug-likeness (QED) is 0.748. The fourth-order valence-electron chi connectivity index (χ4n) is 2.56. The number of nitrogens with zero attached hydrogens (tertiary/aromatic N) is 1. The third-order valence-electron chi connectivity index (χ3n) is 3.97. The van der Waals surface area contributed by atoms with Gasteiger partial charge < -0.3 is 20.1 Å². The molecule has 0 bridgehead atoms. The van der Waals surface area contributed by atoms with Gasteiger partial charge in [0.15, 0.2) is 6.61 Å². The predicted octanol–water partition coefficient (Wildman–Crippen LogP) is 1.66. The molecule has 0 aliphatic heterocycles. The number of rotatable bonds is 8. The third-order valence-corrected chi connectivity index (χ3v) is 3.97. The number of benzene rings is 2. The van der Waals surface area contributed by atoms with E-state index in [1.165, 1.54) is 18.7 Å². The summed E-state index contributed by atoms with van der Waals surface area (Å²) in [7, 11) is 0. The molecule has 0 radical (unpaired) electrons. The highest BCUT2D eigenvalue weighted by Crippen LogP contribution is 2.25. The van der Waals surface area contributed by atoms with Crippen LogP contribution in [0, 0.1) is 0 Å². The third kappa shape index (κ3) is 4.95. The van der Waals surface area contributed by atoms with Gasteiger partial charge in [-0.3, -0.25) is 9.59 Å². The van der Waals surface area contributed by atoms with Crippen molar-refractivity contribution in [1.29, 1.82) is 0 Å². The summed E-state index contributed by atoms with van der Waals surface area (Å²) < 4.78 is 5.65. The van der Waals surface area contributed by atoms with Crippen molar-refractivity contribution in [3.8, 4) is 5.75 Å². The van der Waals surface area contributed by atoms with E-state index in [0.717, 1.165) is 10.8 Å². The molecule has 2 rings (SSSR count). The molecule has 0 heterocycles. The number of ether oxygens (including phenoxy) is 1. The SMILES string of the molecule is CC(=O)NCCN(C(=O)COc1cccc2ccccc12)C(C)C(=O)O. The van der Waals surface area contributed by atoms with Crippen LogP contribution >= 0.6 is 0 Å². The Morgan fingerprint density at radius 3 is 2.54 bits per heavy atom. The lowest BCUT2D eigenvalue weighted by atomic mass is 10.1. The molecule has 1 unspecified atom stereocenters. The van der Waals surface area contributed by atoms with E-state index in [-0.39, 0.29) is 25.6 Å². The topological polar surface area (TPSA) is 95.9 Å². The molecule has 7 heteroatoms. The van der Waals surface area contributed by atoms with Crippen molar-refractivity contribution < 1.29 is 24.2 Å². The van der Waals surface area contributed by atoms with Crippen molar-refractivity contribution >= 4 is 28.6 Å². The molecule has 2 aromatic rings. The fraction of sp³-hybridized carbons (Fsp3) is 0.316. The van der Waals surface area contributed by atoms with E-state index in [1.807, 2.05) is 36.4 Å². The smallest absolute Gasteiger partial charge is 0.326 e. The van der Waals surface area contributed by atoms with Crippen LogP contribution in [0.5, 0.6) is 5.75 Å². The van der Waals surface area contributed by atoms with Crippen molar-refractivity contribution in [2.24, 2.45) is 0 Å². The van der Waals surface area contributed by atoms with Crippen molar-refractivity contribution in [3.05, 3.63) is 42.5 Å². The number of carbonyl (C=O) groups is 3. The molecule has 1 atom stereocenters. The van der Waals surface area contributed by atoms with Crippen LogP contribution in [0.15, 0.2) is 42.5 Å². The molecular formula is C19H22N2O5. The van der Waals surface area contributed by atoms with Gasteiger partial charge in [0.1, 0.15) is 11.8 Å². The monoisotopic (exact) mass is 358 g/mol. The van der Waals surface area contributed by atoms with Crippen LogP contribution in [0.1, 0.15) is 13.8 Å².